The lowest BCUT2D eigenvalue weighted by Gasteiger charge is -2.25. The maximum Gasteiger partial charge on any atom is 0.228 e. The van der Waals surface area contributed by atoms with Crippen LogP contribution in [0.2, 0.25) is 0 Å². The smallest absolute Gasteiger partial charge is 0.228 e. The van der Waals surface area contributed by atoms with E-state index in [1.807, 2.05) is 6.92 Å². The summed E-state index contributed by atoms with van der Waals surface area (Å²) < 4.78 is 1.63. The second-order valence-electron chi connectivity index (χ2n) is 5.42. The number of nitrogens with zero attached hydrogens (tertiary/aromatic N) is 2. The zero-order valence-electron chi connectivity index (χ0n) is 11.4. The zero-order valence-corrected chi connectivity index (χ0v) is 11.4. The highest BCUT2D eigenvalue weighted by Crippen LogP contribution is 2.30. The number of anilines is 2. The molecule has 2 rings (SSSR count). The van der Waals surface area contributed by atoms with Crippen molar-refractivity contribution in [1.82, 2.24) is 9.78 Å². The molecule has 1 aromatic heterocycles. The van der Waals surface area contributed by atoms with E-state index in [1.165, 1.54) is 0 Å². The Hall–Kier alpha value is -1.52. The van der Waals surface area contributed by atoms with Crippen LogP contribution < -0.4 is 11.1 Å². The van der Waals surface area contributed by atoms with Crippen molar-refractivity contribution in [3.63, 3.8) is 0 Å². The largest absolute Gasteiger partial charge is 0.394 e. The minimum Gasteiger partial charge on any atom is -0.394 e. The second-order valence-corrected chi connectivity index (χ2v) is 5.42. The summed E-state index contributed by atoms with van der Waals surface area (Å²) >= 11 is 0. The molecule has 0 spiro atoms. The first-order valence-corrected chi connectivity index (χ1v) is 6.59. The van der Waals surface area contributed by atoms with Gasteiger partial charge in [0.1, 0.15) is 0 Å². The third-order valence-corrected chi connectivity index (χ3v) is 3.90. The Morgan fingerprint density at radius 1 is 1.39 bits per heavy atom. The lowest BCUT2D eigenvalue weighted by molar-refractivity contribution is -0.121. The average molecular weight is 250 g/mol. The molecule has 0 aromatic carbocycles. The normalized spacial score (nSPS) is 23.9. The van der Waals surface area contributed by atoms with Crippen molar-refractivity contribution in [3.05, 3.63) is 5.69 Å². The highest BCUT2D eigenvalue weighted by molar-refractivity contribution is 5.94. The number of hydrogen-bond acceptors (Lipinski definition) is 3. The predicted octanol–water partition coefficient (Wildman–Crippen LogP) is 2.08. The highest BCUT2D eigenvalue weighted by Gasteiger charge is 2.25. The molecule has 18 heavy (non-hydrogen) atoms. The summed E-state index contributed by atoms with van der Waals surface area (Å²) in [6.07, 6.45) is 4.23. The van der Waals surface area contributed by atoms with Gasteiger partial charge >= 0.3 is 0 Å². The first-order chi connectivity index (χ1) is 8.49. The van der Waals surface area contributed by atoms with Crippen LogP contribution in [-0.2, 0) is 11.8 Å². The molecule has 3 N–H and O–H groups in total. The summed E-state index contributed by atoms with van der Waals surface area (Å²) in [4.78, 5) is 12.2. The third-order valence-electron chi connectivity index (χ3n) is 3.90. The van der Waals surface area contributed by atoms with Gasteiger partial charge in [0.05, 0.1) is 11.4 Å². The first-order valence-electron chi connectivity index (χ1n) is 6.59. The molecule has 1 fully saturated rings. The van der Waals surface area contributed by atoms with E-state index in [0.29, 0.717) is 11.5 Å². The van der Waals surface area contributed by atoms with Crippen molar-refractivity contribution >= 4 is 17.4 Å². The number of amides is 1. The Kier molecular flexibility index (Phi) is 3.59. The van der Waals surface area contributed by atoms with Gasteiger partial charge < -0.3 is 11.1 Å². The van der Waals surface area contributed by atoms with Gasteiger partial charge in [-0.1, -0.05) is 6.92 Å². The number of nitrogens with two attached hydrogens (primary N) is 1. The molecule has 0 aliphatic heterocycles. The Morgan fingerprint density at radius 3 is 2.50 bits per heavy atom. The maximum absolute atomic E-state index is 12.2. The lowest BCUT2D eigenvalue weighted by Crippen LogP contribution is -2.27. The number of nitrogen functional groups attached to an aromatic ring is 1. The van der Waals surface area contributed by atoms with Crippen LogP contribution in [0.25, 0.3) is 0 Å². The van der Waals surface area contributed by atoms with E-state index in [-0.39, 0.29) is 11.8 Å². The molecule has 5 nitrogen and oxygen atoms in total. The molecule has 1 aromatic rings. The SMILES string of the molecule is Cc1nn(C)c(NC(=O)C2CCC(C)CC2)c1N. The van der Waals surface area contributed by atoms with Crippen molar-refractivity contribution in [1.29, 1.82) is 0 Å². The molecule has 0 bridgehead atoms. The summed E-state index contributed by atoms with van der Waals surface area (Å²) in [5.74, 6) is 1.57. The molecule has 1 saturated carbocycles. The quantitative estimate of drug-likeness (QED) is 0.844. The van der Waals surface area contributed by atoms with Gasteiger partial charge in [0.2, 0.25) is 5.91 Å². The molecule has 0 unspecified atom stereocenters. The lowest BCUT2D eigenvalue weighted by atomic mass is 9.82. The van der Waals surface area contributed by atoms with Gasteiger partial charge in [0.25, 0.3) is 0 Å². The van der Waals surface area contributed by atoms with Crippen LogP contribution in [0.4, 0.5) is 11.5 Å². The molecule has 1 aliphatic rings. The van der Waals surface area contributed by atoms with Crippen molar-refractivity contribution in [2.24, 2.45) is 18.9 Å². The van der Waals surface area contributed by atoms with Crippen molar-refractivity contribution < 1.29 is 4.79 Å². The number of carbonyl (C=O) groups is 1. The van der Waals surface area contributed by atoms with E-state index >= 15 is 0 Å². The summed E-state index contributed by atoms with van der Waals surface area (Å²) in [6, 6.07) is 0. The molecule has 1 heterocycles. The fourth-order valence-electron chi connectivity index (χ4n) is 2.56. The van der Waals surface area contributed by atoms with Gasteiger partial charge in [-0.05, 0) is 38.5 Å². The van der Waals surface area contributed by atoms with E-state index < -0.39 is 0 Å². The van der Waals surface area contributed by atoms with Crippen molar-refractivity contribution in [2.45, 2.75) is 39.5 Å². The number of rotatable bonds is 2. The van der Waals surface area contributed by atoms with Crippen LogP contribution in [-0.4, -0.2) is 15.7 Å². The minimum atomic E-state index is 0.0802. The van der Waals surface area contributed by atoms with Gasteiger partial charge in [-0.3, -0.25) is 9.48 Å². The van der Waals surface area contributed by atoms with E-state index in [9.17, 15) is 4.79 Å². The first kappa shape index (κ1) is 12.9. The molecular weight excluding hydrogens is 228 g/mol. The molecule has 100 valence electrons. The van der Waals surface area contributed by atoms with Crippen LogP contribution in [0.1, 0.15) is 38.3 Å². The number of carbonyl (C=O) groups excluding carboxylic acids is 1. The zero-order chi connectivity index (χ0) is 13.3. The molecule has 0 atom stereocenters. The predicted molar refractivity (Wildman–Crippen MR) is 72.1 cm³/mol. The van der Waals surface area contributed by atoms with Crippen LogP contribution in [0.3, 0.4) is 0 Å². The fourth-order valence-corrected chi connectivity index (χ4v) is 2.56. The molecule has 1 amide bonds. The van der Waals surface area contributed by atoms with Crippen molar-refractivity contribution in [2.75, 3.05) is 11.1 Å². The Bertz CT molecular complexity index is 444. The Labute approximate surface area is 108 Å². The topological polar surface area (TPSA) is 72.9 Å². The van der Waals surface area contributed by atoms with Gasteiger partial charge in [-0.15, -0.1) is 0 Å². The van der Waals surface area contributed by atoms with Crippen LogP contribution in [0, 0.1) is 18.8 Å². The van der Waals surface area contributed by atoms with Gasteiger partial charge in [0, 0.05) is 13.0 Å². The van der Waals surface area contributed by atoms with Gasteiger partial charge in [0.15, 0.2) is 5.82 Å². The average Bonchev–Trinajstić information content (AvgIpc) is 2.57. The number of aryl methyl sites for hydroxylation is 2. The molecule has 5 heteroatoms. The van der Waals surface area contributed by atoms with Gasteiger partial charge in [-0.25, -0.2) is 0 Å². The standard InChI is InChI=1S/C13H22N4O/c1-8-4-6-10(7-5-8)13(18)15-12-11(14)9(2)16-17(12)3/h8,10H,4-7,14H2,1-3H3,(H,15,18). The molecular formula is C13H22N4O. The number of hydrogen-bond donors (Lipinski definition) is 2. The fraction of sp³-hybridized carbons (Fsp3) is 0.692. The van der Waals surface area contributed by atoms with E-state index in [1.54, 1.807) is 11.7 Å². The summed E-state index contributed by atoms with van der Waals surface area (Å²) in [5.41, 5.74) is 7.22. The van der Waals surface area contributed by atoms with Crippen molar-refractivity contribution in [3.8, 4) is 0 Å². The summed E-state index contributed by atoms with van der Waals surface area (Å²) in [7, 11) is 1.79. The minimum absolute atomic E-state index is 0.0802. The monoisotopic (exact) mass is 250 g/mol. The van der Waals surface area contributed by atoms with Gasteiger partial charge in [-0.2, -0.15) is 5.10 Å². The van der Waals surface area contributed by atoms with E-state index in [0.717, 1.165) is 37.3 Å². The number of nitrogens with one attached hydrogen (secondary N) is 1. The Morgan fingerprint density at radius 2 is 2.00 bits per heavy atom. The molecule has 0 saturated heterocycles. The number of aromatic nitrogens is 2. The van der Waals surface area contributed by atoms with Crippen LogP contribution in [0.5, 0.6) is 0 Å². The third kappa shape index (κ3) is 2.49. The van der Waals surface area contributed by atoms with Crippen LogP contribution >= 0.6 is 0 Å². The summed E-state index contributed by atoms with van der Waals surface area (Å²) in [5, 5.41) is 7.12. The molecule has 0 radical (unpaired) electrons. The summed E-state index contributed by atoms with van der Waals surface area (Å²) in [6.45, 7) is 4.09. The van der Waals surface area contributed by atoms with E-state index in [4.69, 9.17) is 5.73 Å². The molecule has 1 aliphatic carbocycles. The van der Waals surface area contributed by atoms with E-state index in [2.05, 4.69) is 17.3 Å². The Balaban J connectivity index is 2.03. The maximum atomic E-state index is 12.2. The second kappa shape index (κ2) is 5.00. The van der Waals surface area contributed by atoms with Crippen LogP contribution in [0.15, 0.2) is 0 Å². The highest BCUT2D eigenvalue weighted by atomic mass is 16.2.